The highest BCUT2D eigenvalue weighted by molar-refractivity contribution is 5.95. The normalized spacial score (nSPS) is 20.3. The number of aryl methyl sites for hydroxylation is 1. The molecule has 1 aliphatic heterocycles. The molecular formula is C17H21N3O3. The van der Waals surface area contributed by atoms with Crippen molar-refractivity contribution in [1.29, 1.82) is 0 Å². The Morgan fingerprint density at radius 1 is 1.48 bits per heavy atom. The number of rotatable bonds is 5. The molecule has 0 spiro atoms. The zero-order valence-electron chi connectivity index (χ0n) is 13.2. The van der Waals surface area contributed by atoms with Crippen molar-refractivity contribution >= 4 is 5.91 Å². The van der Waals surface area contributed by atoms with Gasteiger partial charge in [0.2, 0.25) is 0 Å². The van der Waals surface area contributed by atoms with Gasteiger partial charge in [0.1, 0.15) is 11.9 Å². The Bertz CT molecular complexity index is 714. The van der Waals surface area contributed by atoms with Crippen LogP contribution in [0.2, 0.25) is 0 Å². The van der Waals surface area contributed by atoms with Gasteiger partial charge in [0, 0.05) is 19.3 Å². The minimum absolute atomic E-state index is 0.135. The smallest absolute Gasteiger partial charge is 0.254 e. The topological polar surface area (TPSA) is 69.3 Å². The van der Waals surface area contributed by atoms with Gasteiger partial charge in [-0.1, -0.05) is 0 Å². The summed E-state index contributed by atoms with van der Waals surface area (Å²) in [5.74, 6) is 1.28. The Morgan fingerprint density at radius 2 is 2.35 bits per heavy atom. The monoisotopic (exact) mass is 315 g/mol. The number of hydrogen-bond acceptors (Lipinski definition) is 4. The average molecular weight is 315 g/mol. The van der Waals surface area contributed by atoms with Crippen molar-refractivity contribution in [3.63, 3.8) is 0 Å². The molecule has 2 aliphatic rings. The average Bonchev–Trinajstić information content (AvgIpc) is 3.08. The van der Waals surface area contributed by atoms with E-state index in [0.29, 0.717) is 24.5 Å². The molecule has 1 amide bonds. The van der Waals surface area contributed by atoms with E-state index in [-0.39, 0.29) is 12.0 Å². The lowest BCUT2D eigenvalue weighted by Gasteiger charge is -2.22. The highest BCUT2D eigenvalue weighted by atomic mass is 16.5. The van der Waals surface area contributed by atoms with Gasteiger partial charge in [-0.2, -0.15) is 5.10 Å². The molecule has 1 atom stereocenters. The lowest BCUT2D eigenvalue weighted by molar-refractivity contribution is 0.0383. The molecular weight excluding hydrogens is 294 g/mol. The van der Waals surface area contributed by atoms with E-state index in [4.69, 9.17) is 14.3 Å². The van der Waals surface area contributed by atoms with Crippen LogP contribution < -0.4 is 5.32 Å². The third-order valence-electron chi connectivity index (χ3n) is 4.56. The Morgan fingerprint density at radius 3 is 3.09 bits per heavy atom. The lowest BCUT2D eigenvalue weighted by Crippen LogP contribution is -2.32. The van der Waals surface area contributed by atoms with Crippen LogP contribution in [-0.2, 0) is 17.7 Å². The van der Waals surface area contributed by atoms with E-state index in [1.165, 1.54) is 24.7 Å². The summed E-state index contributed by atoms with van der Waals surface area (Å²) in [7, 11) is 0. The third-order valence-corrected chi connectivity index (χ3v) is 4.56. The maximum absolute atomic E-state index is 12.2. The molecule has 2 aromatic heterocycles. The van der Waals surface area contributed by atoms with Crippen LogP contribution in [0.25, 0.3) is 0 Å². The molecule has 1 fully saturated rings. The number of aromatic nitrogens is 2. The maximum atomic E-state index is 12.2. The first-order chi connectivity index (χ1) is 11.2. The predicted octanol–water partition coefficient (Wildman–Crippen LogP) is 2.24. The molecule has 0 unspecified atom stereocenters. The molecule has 0 radical (unpaired) electrons. The Balaban J connectivity index is 1.43. The van der Waals surface area contributed by atoms with E-state index < -0.39 is 0 Å². The number of nitrogens with zero attached hydrogens (tertiary/aromatic N) is 2. The van der Waals surface area contributed by atoms with Crippen LogP contribution in [0.15, 0.2) is 22.9 Å². The molecule has 4 rings (SSSR count). The summed E-state index contributed by atoms with van der Waals surface area (Å²) in [4.78, 5) is 12.2. The molecule has 2 aromatic rings. The number of amides is 1. The molecule has 1 N–H and O–H groups in total. The van der Waals surface area contributed by atoms with Crippen LogP contribution in [0.4, 0.5) is 0 Å². The largest absolute Gasteiger partial charge is 0.469 e. The van der Waals surface area contributed by atoms with Gasteiger partial charge in [0.15, 0.2) is 0 Å². The van der Waals surface area contributed by atoms with Gasteiger partial charge in [-0.25, -0.2) is 0 Å². The lowest BCUT2D eigenvalue weighted by atomic mass is 10.1. The summed E-state index contributed by atoms with van der Waals surface area (Å²) < 4.78 is 13.0. The van der Waals surface area contributed by atoms with Gasteiger partial charge in [-0.15, -0.1) is 0 Å². The number of furan rings is 1. The van der Waals surface area contributed by atoms with E-state index >= 15 is 0 Å². The van der Waals surface area contributed by atoms with Crippen LogP contribution in [0, 0.1) is 12.8 Å². The number of nitrogens with one attached hydrogen (secondary N) is 1. The van der Waals surface area contributed by atoms with E-state index in [0.717, 1.165) is 24.6 Å². The fourth-order valence-electron chi connectivity index (χ4n) is 3.05. The van der Waals surface area contributed by atoms with Crippen LogP contribution in [0.1, 0.15) is 46.3 Å². The molecule has 6 nitrogen and oxygen atoms in total. The van der Waals surface area contributed by atoms with Crippen LogP contribution >= 0.6 is 0 Å². The highest BCUT2D eigenvalue weighted by Gasteiger charge is 2.28. The van der Waals surface area contributed by atoms with Crippen molar-refractivity contribution in [3.8, 4) is 0 Å². The second-order valence-electron chi connectivity index (χ2n) is 6.41. The molecule has 122 valence electrons. The number of carbonyl (C=O) groups is 1. The standard InChI is InChI=1S/C17H21N3O3/c1-11-14(5-7-22-11)17(21)18-8-15-16-13(4-6-23-15)10-20(19-16)9-12-2-3-12/h5,7,10,12,15H,2-4,6,8-9H2,1H3,(H,18,21)/t15-/m1/s1. The van der Waals surface area contributed by atoms with Crippen molar-refractivity contribution in [2.24, 2.45) is 5.92 Å². The van der Waals surface area contributed by atoms with E-state index in [9.17, 15) is 4.79 Å². The SMILES string of the molecule is Cc1occc1C(=O)NC[C@H]1OCCc2cn(CC3CC3)nc21. The summed E-state index contributed by atoms with van der Waals surface area (Å²) >= 11 is 0. The number of fused-ring (bicyclic) bond motifs is 1. The van der Waals surface area contributed by atoms with Crippen molar-refractivity contribution in [2.75, 3.05) is 13.2 Å². The Hall–Kier alpha value is -2.08. The van der Waals surface area contributed by atoms with E-state index in [2.05, 4.69) is 11.5 Å². The fraction of sp³-hybridized carbons (Fsp3) is 0.529. The second kappa shape index (κ2) is 5.85. The summed E-state index contributed by atoms with van der Waals surface area (Å²) in [6.07, 6.45) is 7.01. The summed E-state index contributed by atoms with van der Waals surface area (Å²) in [6.45, 7) is 3.88. The number of ether oxygens (including phenoxy) is 1. The van der Waals surface area contributed by atoms with Gasteiger partial charge >= 0.3 is 0 Å². The van der Waals surface area contributed by atoms with Gasteiger partial charge in [0.05, 0.1) is 24.1 Å². The minimum atomic E-state index is -0.171. The van der Waals surface area contributed by atoms with E-state index in [1.807, 2.05) is 4.68 Å². The molecule has 1 aliphatic carbocycles. The van der Waals surface area contributed by atoms with Gasteiger partial charge in [-0.3, -0.25) is 9.48 Å². The van der Waals surface area contributed by atoms with Gasteiger partial charge in [-0.05, 0) is 43.7 Å². The minimum Gasteiger partial charge on any atom is -0.469 e. The Labute approximate surface area is 134 Å². The fourth-order valence-corrected chi connectivity index (χ4v) is 3.05. The first kappa shape index (κ1) is 14.5. The van der Waals surface area contributed by atoms with Crippen LogP contribution in [-0.4, -0.2) is 28.8 Å². The van der Waals surface area contributed by atoms with Crippen molar-refractivity contribution in [2.45, 2.75) is 38.8 Å². The second-order valence-corrected chi connectivity index (χ2v) is 6.41. The van der Waals surface area contributed by atoms with Gasteiger partial charge in [0.25, 0.3) is 5.91 Å². The predicted molar refractivity (Wildman–Crippen MR) is 83.1 cm³/mol. The highest BCUT2D eigenvalue weighted by Crippen LogP contribution is 2.32. The van der Waals surface area contributed by atoms with Crippen molar-refractivity contribution < 1.29 is 13.9 Å². The Kier molecular flexibility index (Phi) is 3.69. The molecule has 6 heteroatoms. The van der Waals surface area contributed by atoms with Crippen LogP contribution in [0.3, 0.4) is 0 Å². The first-order valence-electron chi connectivity index (χ1n) is 8.21. The quantitative estimate of drug-likeness (QED) is 0.918. The number of carbonyl (C=O) groups excluding carboxylic acids is 1. The molecule has 0 bridgehead atoms. The number of hydrogen-bond donors (Lipinski definition) is 1. The molecule has 0 saturated heterocycles. The third kappa shape index (κ3) is 3.03. The maximum Gasteiger partial charge on any atom is 0.254 e. The molecule has 3 heterocycles. The van der Waals surface area contributed by atoms with E-state index in [1.54, 1.807) is 13.0 Å². The zero-order valence-corrected chi connectivity index (χ0v) is 13.2. The molecule has 0 aromatic carbocycles. The summed E-state index contributed by atoms with van der Waals surface area (Å²) in [5.41, 5.74) is 2.79. The van der Waals surface area contributed by atoms with Gasteiger partial charge < -0.3 is 14.5 Å². The first-order valence-corrected chi connectivity index (χ1v) is 8.21. The van der Waals surface area contributed by atoms with Crippen molar-refractivity contribution in [3.05, 3.63) is 41.1 Å². The molecule has 1 saturated carbocycles. The van der Waals surface area contributed by atoms with Crippen molar-refractivity contribution in [1.82, 2.24) is 15.1 Å². The van der Waals surface area contributed by atoms with Crippen LogP contribution in [0.5, 0.6) is 0 Å². The summed E-state index contributed by atoms with van der Waals surface area (Å²) in [6, 6.07) is 1.68. The molecule has 23 heavy (non-hydrogen) atoms. The zero-order chi connectivity index (χ0) is 15.8. The summed E-state index contributed by atoms with van der Waals surface area (Å²) in [5, 5.41) is 7.62.